The van der Waals surface area contributed by atoms with Gasteiger partial charge in [-0.2, -0.15) is 11.8 Å². The van der Waals surface area contributed by atoms with Crippen LogP contribution in [-0.2, 0) is 5.75 Å². The van der Waals surface area contributed by atoms with E-state index in [1.807, 2.05) is 17.7 Å². The summed E-state index contributed by atoms with van der Waals surface area (Å²) in [7, 11) is 0. The van der Waals surface area contributed by atoms with Gasteiger partial charge < -0.3 is 9.67 Å². The van der Waals surface area contributed by atoms with Crippen molar-refractivity contribution in [1.29, 1.82) is 0 Å². The molecule has 3 nitrogen and oxygen atoms in total. The number of imidazole rings is 1. The van der Waals surface area contributed by atoms with Gasteiger partial charge in [-0.3, -0.25) is 0 Å². The van der Waals surface area contributed by atoms with Crippen LogP contribution in [0.25, 0.3) is 5.69 Å². The van der Waals surface area contributed by atoms with Crippen molar-refractivity contribution >= 4 is 11.8 Å². The second kappa shape index (κ2) is 6.07. The summed E-state index contributed by atoms with van der Waals surface area (Å²) in [5.41, 5.74) is 2.39. The Balaban J connectivity index is 1.96. The number of aliphatic hydroxyl groups excluding tert-OH is 1. The van der Waals surface area contributed by atoms with E-state index in [2.05, 4.69) is 36.2 Å². The van der Waals surface area contributed by atoms with E-state index in [4.69, 9.17) is 0 Å². The number of aromatic nitrogens is 2. The lowest BCUT2D eigenvalue weighted by atomic mass is 10.2. The maximum Gasteiger partial charge on any atom is 0.0991 e. The summed E-state index contributed by atoms with van der Waals surface area (Å²) < 4.78 is 1.98. The summed E-state index contributed by atoms with van der Waals surface area (Å²) in [4.78, 5) is 4.03. The number of benzene rings is 1. The highest BCUT2D eigenvalue weighted by Gasteiger charge is 2.08. The van der Waals surface area contributed by atoms with Gasteiger partial charge in [0.15, 0.2) is 0 Å². The molecule has 0 bridgehead atoms. The van der Waals surface area contributed by atoms with Gasteiger partial charge in [-0.25, -0.2) is 4.98 Å². The molecule has 0 aliphatic carbocycles. The minimum absolute atomic E-state index is 0.262. The van der Waals surface area contributed by atoms with Gasteiger partial charge >= 0.3 is 0 Å². The first-order chi connectivity index (χ1) is 8.66. The van der Waals surface area contributed by atoms with Crippen LogP contribution in [0.4, 0.5) is 0 Å². The van der Waals surface area contributed by atoms with Gasteiger partial charge in [0.25, 0.3) is 0 Å². The zero-order valence-corrected chi connectivity index (χ0v) is 11.5. The zero-order chi connectivity index (χ0) is 13.0. The summed E-state index contributed by atoms with van der Waals surface area (Å²) in [5.74, 6) is 0.927. The molecular weight excluding hydrogens is 244 g/mol. The molecule has 1 aromatic carbocycles. The third-order valence-corrected chi connectivity index (χ3v) is 4.35. The number of nitrogens with zero attached hydrogens (tertiary/aromatic N) is 2. The van der Waals surface area contributed by atoms with E-state index in [0.717, 1.165) is 11.4 Å². The lowest BCUT2D eigenvalue weighted by Gasteiger charge is -2.14. The van der Waals surface area contributed by atoms with Crippen molar-refractivity contribution in [2.45, 2.75) is 31.0 Å². The Bertz CT molecular complexity index is 465. The third kappa shape index (κ3) is 3.37. The maximum atomic E-state index is 9.44. The molecule has 4 heteroatoms. The minimum atomic E-state index is -0.264. The molecule has 0 fully saturated rings. The van der Waals surface area contributed by atoms with Gasteiger partial charge in [0.2, 0.25) is 0 Å². The minimum Gasteiger partial charge on any atom is -0.392 e. The molecule has 2 aromatic rings. The van der Waals surface area contributed by atoms with Crippen molar-refractivity contribution < 1.29 is 5.11 Å². The first-order valence-corrected chi connectivity index (χ1v) is 7.08. The molecule has 1 N–H and O–H groups in total. The van der Waals surface area contributed by atoms with E-state index >= 15 is 0 Å². The fraction of sp³-hybridized carbons (Fsp3) is 0.357. The predicted molar refractivity (Wildman–Crippen MR) is 76.0 cm³/mol. The lowest BCUT2D eigenvalue weighted by molar-refractivity contribution is 0.196. The summed E-state index contributed by atoms with van der Waals surface area (Å²) in [6.07, 6.45) is 5.23. The van der Waals surface area contributed by atoms with E-state index in [1.165, 1.54) is 5.56 Å². The fourth-order valence-corrected chi connectivity index (χ4v) is 2.47. The maximum absolute atomic E-state index is 9.44. The highest BCUT2D eigenvalue weighted by Crippen LogP contribution is 2.20. The summed E-state index contributed by atoms with van der Waals surface area (Å²) >= 11 is 1.77. The van der Waals surface area contributed by atoms with Gasteiger partial charge in [-0.05, 0) is 24.6 Å². The Morgan fingerprint density at radius 1 is 1.28 bits per heavy atom. The number of thioether (sulfide) groups is 1. The smallest absolute Gasteiger partial charge is 0.0991 e. The monoisotopic (exact) mass is 262 g/mol. The molecule has 0 spiro atoms. The Morgan fingerprint density at radius 2 is 2.00 bits per heavy atom. The molecule has 96 valence electrons. The standard InChI is InChI=1S/C14H18N2OS/c1-11(17)12(2)18-9-13-3-5-14(6-4-13)16-8-7-15-10-16/h3-8,10-12,17H,9H2,1-2H3/t11-,12-/m0/s1. The van der Waals surface area contributed by atoms with Gasteiger partial charge in [0.05, 0.1) is 12.4 Å². The molecule has 2 rings (SSSR count). The SMILES string of the molecule is C[C@H](O)[C@H](C)SCc1ccc(-n2ccnc2)cc1. The van der Waals surface area contributed by atoms with Gasteiger partial charge in [-0.15, -0.1) is 0 Å². The molecule has 0 aliphatic heterocycles. The van der Waals surface area contributed by atoms with Crippen LogP contribution in [-0.4, -0.2) is 26.0 Å². The third-order valence-electron chi connectivity index (χ3n) is 2.93. The van der Waals surface area contributed by atoms with Crippen LogP contribution in [0.3, 0.4) is 0 Å². The quantitative estimate of drug-likeness (QED) is 0.900. The van der Waals surface area contributed by atoms with Gasteiger partial charge in [0.1, 0.15) is 0 Å². The van der Waals surface area contributed by atoms with Crippen molar-refractivity contribution in [2.24, 2.45) is 0 Å². The number of hydrogen-bond acceptors (Lipinski definition) is 3. The first kappa shape index (κ1) is 13.2. The van der Waals surface area contributed by atoms with Crippen molar-refractivity contribution in [2.75, 3.05) is 0 Å². The molecule has 0 radical (unpaired) electrons. The Labute approximate surface area is 112 Å². The molecule has 0 aliphatic rings. The summed E-state index contributed by atoms with van der Waals surface area (Å²) in [6.45, 7) is 3.88. The number of hydrogen-bond donors (Lipinski definition) is 1. The van der Waals surface area contributed by atoms with E-state index in [-0.39, 0.29) is 11.4 Å². The fourth-order valence-electron chi connectivity index (χ4n) is 1.54. The molecule has 0 saturated heterocycles. The Morgan fingerprint density at radius 3 is 2.56 bits per heavy atom. The molecule has 2 atom stereocenters. The average Bonchev–Trinajstić information content (AvgIpc) is 2.90. The van der Waals surface area contributed by atoms with Crippen LogP contribution in [0.1, 0.15) is 19.4 Å². The van der Waals surface area contributed by atoms with E-state index in [1.54, 1.807) is 24.3 Å². The molecule has 18 heavy (non-hydrogen) atoms. The average molecular weight is 262 g/mol. The Kier molecular flexibility index (Phi) is 4.44. The zero-order valence-electron chi connectivity index (χ0n) is 10.7. The summed E-state index contributed by atoms with van der Waals surface area (Å²) in [6, 6.07) is 8.42. The van der Waals surface area contributed by atoms with Crippen LogP contribution in [0.2, 0.25) is 0 Å². The van der Waals surface area contributed by atoms with E-state index in [9.17, 15) is 5.11 Å². The van der Waals surface area contributed by atoms with Crippen LogP contribution < -0.4 is 0 Å². The van der Waals surface area contributed by atoms with E-state index < -0.39 is 0 Å². The van der Waals surface area contributed by atoms with Crippen molar-refractivity contribution in [3.63, 3.8) is 0 Å². The Hall–Kier alpha value is -1.26. The van der Waals surface area contributed by atoms with Crippen LogP contribution >= 0.6 is 11.8 Å². The second-order valence-electron chi connectivity index (χ2n) is 4.39. The first-order valence-electron chi connectivity index (χ1n) is 6.04. The highest BCUT2D eigenvalue weighted by atomic mass is 32.2. The normalized spacial score (nSPS) is 14.4. The highest BCUT2D eigenvalue weighted by molar-refractivity contribution is 7.99. The topological polar surface area (TPSA) is 38.0 Å². The predicted octanol–water partition coefficient (Wildman–Crippen LogP) is 2.87. The molecule has 0 saturated carbocycles. The van der Waals surface area contributed by atoms with Crippen LogP contribution in [0.15, 0.2) is 43.0 Å². The van der Waals surface area contributed by atoms with Crippen LogP contribution in [0, 0.1) is 0 Å². The second-order valence-corrected chi connectivity index (χ2v) is 5.76. The molecule has 0 unspecified atom stereocenters. The van der Waals surface area contributed by atoms with Gasteiger partial charge in [-0.1, -0.05) is 19.1 Å². The molecule has 1 aromatic heterocycles. The summed E-state index contributed by atoms with van der Waals surface area (Å²) in [5, 5.41) is 9.70. The van der Waals surface area contributed by atoms with E-state index in [0.29, 0.717) is 0 Å². The largest absolute Gasteiger partial charge is 0.392 e. The van der Waals surface area contributed by atoms with Crippen molar-refractivity contribution in [1.82, 2.24) is 9.55 Å². The lowest BCUT2D eigenvalue weighted by Crippen LogP contribution is -2.15. The van der Waals surface area contributed by atoms with Crippen LogP contribution in [0.5, 0.6) is 0 Å². The van der Waals surface area contributed by atoms with Crippen molar-refractivity contribution in [3.8, 4) is 5.69 Å². The molecule has 1 heterocycles. The molecule has 0 amide bonds. The molecular formula is C14H18N2OS. The van der Waals surface area contributed by atoms with Gasteiger partial charge in [0, 0.05) is 29.1 Å². The van der Waals surface area contributed by atoms with Crippen molar-refractivity contribution in [3.05, 3.63) is 48.5 Å². The number of aliphatic hydroxyl groups is 1. The number of rotatable bonds is 5.